The number of aromatic hydroxyl groups is 1. The third-order valence-corrected chi connectivity index (χ3v) is 4.45. The van der Waals surface area contributed by atoms with Gasteiger partial charge in [-0.05, 0) is 46.5 Å². The number of amides is 1. The lowest BCUT2D eigenvalue weighted by molar-refractivity contribution is -0.131. The second-order valence-corrected chi connectivity index (χ2v) is 6.45. The molecule has 0 aliphatic carbocycles. The largest absolute Gasteiger partial charge is 0.505 e. The molecule has 5 nitrogen and oxygen atoms in total. The SMILES string of the molecule is O=C(NO)C(NCc1ccc(F)c(O)c1)c1ccc(-c2cc(F)c(F)c(F)c2)cc1. The summed E-state index contributed by atoms with van der Waals surface area (Å²) < 4.78 is 53.2. The van der Waals surface area contributed by atoms with E-state index in [1.165, 1.54) is 41.9 Å². The van der Waals surface area contributed by atoms with E-state index in [1.54, 1.807) is 0 Å². The molecule has 3 aromatic carbocycles. The third kappa shape index (κ3) is 4.58. The molecule has 0 saturated heterocycles. The summed E-state index contributed by atoms with van der Waals surface area (Å²) in [5.74, 6) is -6.32. The first-order valence-corrected chi connectivity index (χ1v) is 8.69. The van der Waals surface area contributed by atoms with Crippen LogP contribution in [0.25, 0.3) is 11.1 Å². The molecule has 0 aliphatic rings. The number of phenolic OH excluding ortho intramolecular Hbond substituents is 1. The van der Waals surface area contributed by atoms with E-state index in [1.807, 2.05) is 0 Å². The molecule has 30 heavy (non-hydrogen) atoms. The van der Waals surface area contributed by atoms with Crippen LogP contribution in [0.2, 0.25) is 0 Å². The van der Waals surface area contributed by atoms with Gasteiger partial charge in [-0.3, -0.25) is 15.3 Å². The minimum atomic E-state index is -1.56. The number of rotatable bonds is 6. The van der Waals surface area contributed by atoms with Gasteiger partial charge in [-0.1, -0.05) is 30.3 Å². The Bertz CT molecular complexity index is 1050. The normalized spacial score (nSPS) is 11.9. The first-order valence-electron chi connectivity index (χ1n) is 8.69. The number of hydroxylamine groups is 1. The van der Waals surface area contributed by atoms with Crippen LogP contribution in [0, 0.1) is 23.3 Å². The van der Waals surface area contributed by atoms with Gasteiger partial charge in [0.2, 0.25) is 0 Å². The molecule has 0 bridgehead atoms. The summed E-state index contributed by atoms with van der Waals surface area (Å²) in [6.45, 7) is 0.0576. The molecule has 1 amide bonds. The third-order valence-electron chi connectivity index (χ3n) is 4.45. The van der Waals surface area contributed by atoms with Gasteiger partial charge in [0.15, 0.2) is 29.0 Å². The fourth-order valence-corrected chi connectivity index (χ4v) is 2.90. The molecule has 9 heteroatoms. The summed E-state index contributed by atoms with van der Waals surface area (Å²) >= 11 is 0. The average molecular weight is 420 g/mol. The van der Waals surface area contributed by atoms with Gasteiger partial charge in [-0.15, -0.1) is 0 Å². The fraction of sp³-hybridized carbons (Fsp3) is 0.0952. The Labute approximate surface area is 168 Å². The zero-order valence-electron chi connectivity index (χ0n) is 15.3. The van der Waals surface area contributed by atoms with E-state index >= 15 is 0 Å². The minimum Gasteiger partial charge on any atom is -0.505 e. The van der Waals surface area contributed by atoms with Gasteiger partial charge in [-0.25, -0.2) is 23.0 Å². The van der Waals surface area contributed by atoms with Crippen LogP contribution in [-0.4, -0.2) is 16.2 Å². The van der Waals surface area contributed by atoms with Crippen molar-refractivity contribution in [2.45, 2.75) is 12.6 Å². The van der Waals surface area contributed by atoms with E-state index in [2.05, 4.69) is 5.32 Å². The van der Waals surface area contributed by atoms with Crippen molar-refractivity contribution in [3.05, 3.63) is 89.0 Å². The van der Waals surface area contributed by atoms with Gasteiger partial charge >= 0.3 is 0 Å². The molecule has 0 saturated carbocycles. The molecule has 3 rings (SSSR count). The van der Waals surface area contributed by atoms with Gasteiger partial charge in [-0.2, -0.15) is 0 Å². The van der Waals surface area contributed by atoms with E-state index in [4.69, 9.17) is 5.21 Å². The average Bonchev–Trinajstić information content (AvgIpc) is 2.74. The van der Waals surface area contributed by atoms with Gasteiger partial charge < -0.3 is 5.11 Å². The van der Waals surface area contributed by atoms with E-state index in [0.29, 0.717) is 16.7 Å². The zero-order valence-corrected chi connectivity index (χ0v) is 15.3. The van der Waals surface area contributed by atoms with Gasteiger partial charge in [0.25, 0.3) is 5.91 Å². The number of benzene rings is 3. The van der Waals surface area contributed by atoms with Crippen LogP contribution in [0.1, 0.15) is 17.2 Å². The van der Waals surface area contributed by atoms with E-state index in [9.17, 15) is 27.5 Å². The summed E-state index contributed by atoms with van der Waals surface area (Å²) in [4.78, 5) is 12.1. The zero-order chi connectivity index (χ0) is 21.8. The Morgan fingerprint density at radius 1 is 0.867 bits per heavy atom. The number of carbonyl (C=O) groups excluding carboxylic acids is 1. The number of phenols is 1. The van der Waals surface area contributed by atoms with E-state index in [-0.39, 0.29) is 12.1 Å². The number of carbonyl (C=O) groups is 1. The summed E-state index contributed by atoms with van der Waals surface area (Å²) in [7, 11) is 0. The highest BCUT2D eigenvalue weighted by molar-refractivity contribution is 5.82. The predicted molar refractivity (Wildman–Crippen MR) is 99.3 cm³/mol. The lowest BCUT2D eigenvalue weighted by atomic mass is 10.00. The standard InChI is InChI=1S/C21H16F4N2O3/c22-15-6-1-11(7-18(15)28)10-26-20(21(29)27-30)13-4-2-12(3-5-13)14-8-16(23)19(25)17(24)9-14/h1-9,20,26,28,30H,10H2,(H,27,29). The van der Waals surface area contributed by atoms with Crippen LogP contribution in [0.15, 0.2) is 54.6 Å². The Kier molecular flexibility index (Phi) is 6.34. The summed E-state index contributed by atoms with van der Waals surface area (Å²) in [6.07, 6.45) is 0. The maximum atomic E-state index is 13.5. The van der Waals surface area contributed by atoms with Crippen molar-refractivity contribution in [2.24, 2.45) is 0 Å². The molecule has 0 aliphatic heterocycles. The van der Waals surface area contributed by atoms with Gasteiger partial charge in [0, 0.05) is 6.54 Å². The number of hydrogen-bond donors (Lipinski definition) is 4. The molecule has 0 aromatic heterocycles. The first kappa shape index (κ1) is 21.3. The quantitative estimate of drug-likeness (QED) is 0.211. The molecule has 0 heterocycles. The Morgan fingerprint density at radius 3 is 2.07 bits per heavy atom. The molecule has 0 fully saturated rings. The number of halogens is 4. The van der Waals surface area contributed by atoms with Crippen LogP contribution < -0.4 is 10.8 Å². The summed E-state index contributed by atoms with van der Waals surface area (Å²) in [5, 5.41) is 21.3. The fourth-order valence-electron chi connectivity index (χ4n) is 2.90. The Morgan fingerprint density at radius 2 is 1.50 bits per heavy atom. The monoisotopic (exact) mass is 420 g/mol. The van der Waals surface area contributed by atoms with Crippen LogP contribution >= 0.6 is 0 Å². The highest BCUT2D eigenvalue weighted by atomic mass is 19.2. The predicted octanol–water partition coefficient (Wildman–Crippen LogP) is 3.95. The molecule has 0 radical (unpaired) electrons. The maximum Gasteiger partial charge on any atom is 0.265 e. The molecule has 1 unspecified atom stereocenters. The van der Waals surface area contributed by atoms with Crippen molar-refractivity contribution in [3.63, 3.8) is 0 Å². The van der Waals surface area contributed by atoms with Crippen molar-refractivity contribution < 1.29 is 32.7 Å². The van der Waals surface area contributed by atoms with Crippen LogP contribution in [0.4, 0.5) is 17.6 Å². The molecule has 4 N–H and O–H groups in total. The van der Waals surface area contributed by atoms with E-state index in [0.717, 1.165) is 18.2 Å². The molecule has 156 valence electrons. The molecule has 3 aromatic rings. The van der Waals surface area contributed by atoms with E-state index < -0.39 is 41.0 Å². The molecular formula is C21H16F4N2O3. The highest BCUT2D eigenvalue weighted by Crippen LogP contribution is 2.26. The second kappa shape index (κ2) is 8.93. The van der Waals surface area contributed by atoms with Crippen molar-refractivity contribution in [3.8, 4) is 16.9 Å². The summed E-state index contributed by atoms with van der Waals surface area (Å²) in [5.41, 5.74) is 2.91. The van der Waals surface area contributed by atoms with Crippen molar-refractivity contribution in [2.75, 3.05) is 0 Å². The molecule has 1 atom stereocenters. The van der Waals surface area contributed by atoms with Crippen molar-refractivity contribution >= 4 is 5.91 Å². The smallest absolute Gasteiger partial charge is 0.265 e. The molecule has 0 spiro atoms. The summed E-state index contributed by atoms with van der Waals surface area (Å²) in [6, 6.07) is 10.3. The van der Waals surface area contributed by atoms with Crippen molar-refractivity contribution in [1.29, 1.82) is 0 Å². The first-order chi connectivity index (χ1) is 14.3. The number of nitrogens with one attached hydrogen (secondary N) is 2. The number of hydrogen-bond acceptors (Lipinski definition) is 4. The van der Waals surface area contributed by atoms with Gasteiger partial charge in [0.05, 0.1) is 0 Å². The van der Waals surface area contributed by atoms with Crippen LogP contribution in [0.5, 0.6) is 5.75 Å². The van der Waals surface area contributed by atoms with Crippen molar-refractivity contribution in [1.82, 2.24) is 10.8 Å². The second-order valence-electron chi connectivity index (χ2n) is 6.45. The lowest BCUT2D eigenvalue weighted by Crippen LogP contribution is -2.35. The minimum absolute atomic E-state index is 0.0576. The Hall–Kier alpha value is -3.43. The molecular weight excluding hydrogens is 404 g/mol. The Balaban J connectivity index is 1.82. The maximum absolute atomic E-state index is 13.5. The van der Waals surface area contributed by atoms with Crippen LogP contribution in [0.3, 0.4) is 0 Å². The van der Waals surface area contributed by atoms with Crippen LogP contribution in [-0.2, 0) is 11.3 Å². The lowest BCUT2D eigenvalue weighted by Gasteiger charge is -2.18. The van der Waals surface area contributed by atoms with Gasteiger partial charge in [0.1, 0.15) is 6.04 Å². The topological polar surface area (TPSA) is 81.6 Å². The highest BCUT2D eigenvalue weighted by Gasteiger charge is 2.20.